The first kappa shape index (κ1) is 21.9. The van der Waals surface area contributed by atoms with Crippen LogP contribution in [0.1, 0.15) is 33.3 Å². The lowest BCUT2D eigenvalue weighted by Crippen LogP contribution is -2.27. The molecular weight excluding hydrogens is 428 g/mol. The third kappa shape index (κ3) is 5.34. The normalized spacial score (nSPS) is 15.3. The van der Waals surface area contributed by atoms with E-state index < -0.39 is 5.97 Å². The second-order valence-electron chi connectivity index (χ2n) is 7.43. The molecule has 0 aliphatic carbocycles. The van der Waals surface area contributed by atoms with E-state index in [4.69, 9.17) is 14.2 Å². The third-order valence-corrected chi connectivity index (χ3v) is 4.33. The first-order valence-corrected chi connectivity index (χ1v) is 9.64. The topological polar surface area (TPSA) is 77.4 Å². The van der Waals surface area contributed by atoms with Crippen molar-refractivity contribution in [3.05, 3.63) is 27.9 Å². The van der Waals surface area contributed by atoms with Crippen molar-refractivity contribution in [3.63, 3.8) is 0 Å². The molecule has 1 aliphatic heterocycles. The van der Waals surface area contributed by atoms with E-state index in [0.29, 0.717) is 34.0 Å². The molecule has 2 rings (SSSR count). The Bertz CT molecular complexity index is 838. The molecule has 1 aromatic rings. The predicted molar refractivity (Wildman–Crippen MR) is 110 cm³/mol. The molecule has 8 heteroatoms. The molecule has 0 radical (unpaired) electrons. The quantitative estimate of drug-likeness (QED) is 0.486. The summed E-state index contributed by atoms with van der Waals surface area (Å²) < 4.78 is 17.2. The highest BCUT2D eigenvalue weighted by Gasteiger charge is 2.31. The maximum Gasteiger partial charge on any atom is 0.363 e. The summed E-state index contributed by atoms with van der Waals surface area (Å²) in [5.74, 6) is 0.609. The Morgan fingerprint density at radius 1 is 1.29 bits per heavy atom. The average Bonchev–Trinajstić information content (AvgIpc) is 2.95. The minimum atomic E-state index is -0.490. The van der Waals surface area contributed by atoms with Gasteiger partial charge < -0.3 is 19.1 Å². The van der Waals surface area contributed by atoms with Crippen LogP contribution in [-0.4, -0.2) is 50.0 Å². The smallest absolute Gasteiger partial charge is 0.363 e. The molecular formula is C20H25BrN2O5. The molecule has 1 aromatic carbocycles. The zero-order valence-electron chi connectivity index (χ0n) is 17.0. The second-order valence-corrected chi connectivity index (χ2v) is 8.28. The monoisotopic (exact) mass is 452 g/mol. The van der Waals surface area contributed by atoms with Crippen molar-refractivity contribution in [3.8, 4) is 11.5 Å². The van der Waals surface area contributed by atoms with Gasteiger partial charge in [0.05, 0.1) is 11.1 Å². The Labute approximate surface area is 173 Å². The average molecular weight is 453 g/mol. The minimum absolute atomic E-state index is 0.113. The number of cyclic esters (lactones) is 1. The van der Waals surface area contributed by atoms with Crippen LogP contribution in [0.25, 0.3) is 6.08 Å². The Balaban J connectivity index is 2.36. The standard InChI is InChI=1S/C20H25BrN2O5/c1-7-26-15-10-12(8-13(21)17(15)27-11-16(24)23(5)6)9-14-18(25)28-19(22-14)20(2,3)4/h8-10H,7,11H2,1-6H3. The highest BCUT2D eigenvalue weighted by molar-refractivity contribution is 9.10. The molecule has 7 nitrogen and oxygen atoms in total. The number of aliphatic imine (C=N–C) groups is 1. The van der Waals surface area contributed by atoms with Crippen molar-refractivity contribution in [2.75, 3.05) is 27.3 Å². The molecule has 0 saturated carbocycles. The molecule has 1 amide bonds. The zero-order valence-corrected chi connectivity index (χ0v) is 18.5. The van der Waals surface area contributed by atoms with Crippen LogP contribution < -0.4 is 9.47 Å². The predicted octanol–water partition coefficient (Wildman–Crippen LogP) is 3.66. The number of amides is 1. The summed E-state index contributed by atoms with van der Waals surface area (Å²) in [5, 5.41) is 0. The van der Waals surface area contributed by atoms with Crippen LogP contribution in [0.5, 0.6) is 11.5 Å². The number of hydrogen-bond donors (Lipinski definition) is 0. The Hall–Kier alpha value is -2.35. The van der Waals surface area contributed by atoms with Gasteiger partial charge in [-0.15, -0.1) is 0 Å². The molecule has 28 heavy (non-hydrogen) atoms. The summed E-state index contributed by atoms with van der Waals surface area (Å²) in [5.41, 5.74) is 0.544. The van der Waals surface area contributed by atoms with E-state index in [0.717, 1.165) is 0 Å². The highest BCUT2D eigenvalue weighted by Crippen LogP contribution is 2.38. The van der Waals surface area contributed by atoms with Crippen molar-refractivity contribution in [1.29, 1.82) is 0 Å². The van der Waals surface area contributed by atoms with Crippen LogP contribution >= 0.6 is 15.9 Å². The van der Waals surface area contributed by atoms with Crippen molar-refractivity contribution >= 4 is 39.8 Å². The van der Waals surface area contributed by atoms with Gasteiger partial charge >= 0.3 is 5.97 Å². The molecule has 0 spiro atoms. The van der Waals surface area contributed by atoms with Crippen LogP contribution in [0.2, 0.25) is 0 Å². The highest BCUT2D eigenvalue weighted by atomic mass is 79.9. The van der Waals surface area contributed by atoms with E-state index >= 15 is 0 Å². The van der Waals surface area contributed by atoms with Gasteiger partial charge in [-0.1, -0.05) is 20.8 Å². The van der Waals surface area contributed by atoms with Gasteiger partial charge in [0.15, 0.2) is 23.8 Å². The fourth-order valence-electron chi connectivity index (χ4n) is 2.23. The Morgan fingerprint density at radius 2 is 1.96 bits per heavy atom. The summed E-state index contributed by atoms with van der Waals surface area (Å²) in [6, 6.07) is 3.50. The van der Waals surface area contributed by atoms with Gasteiger partial charge in [0, 0.05) is 19.5 Å². The molecule has 1 aliphatic rings. The largest absolute Gasteiger partial charge is 0.490 e. The Morgan fingerprint density at radius 3 is 2.50 bits per heavy atom. The number of esters is 1. The third-order valence-electron chi connectivity index (χ3n) is 3.74. The summed E-state index contributed by atoms with van der Waals surface area (Å²) in [4.78, 5) is 29.7. The SMILES string of the molecule is CCOc1cc(C=C2N=C(C(C)(C)C)OC2=O)cc(Br)c1OCC(=O)N(C)C. The van der Waals surface area contributed by atoms with E-state index in [1.807, 2.05) is 27.7 Å². The molecule has 1 heterocycles. The van der Waals surface area contributed by atoms with E-state index in [9.17, 15) is 9.59 Å². The van der Waals surface area contributed by atoms with Crippen LogP contribution in [0.15, 0.2) is 27.3 Å². The minimum Gasteiger partial charge on any atom is -0.490 e. The number of likely N-dealkylation sites (N-methyl/N-ethyl adjacent to an activating group) is 1. The molecule has 0 fully saturated rings. The maximum absolute atomic E-state index is 12.1. The first-order valence-electron chi connectivity index (χ1n) is 8.85. The first-order chi connectivity index (χ1) is 13.0. The molecule has 0 aromatic heterocycles. The second kappa shape index (κ2) is 8.77. The van der Waals surface area contributed by atoms with E-state index in [1.165, 1.54) is 4.90 Å². The van der Waals surface area contributed by atoms with Gasteiger partial charge in [-0.05, 0) is 46.6 Å². The van der Waals surface area contributed by atoms with E-state index in [1.54, 1.807) is 32.3 Å². The maximum atomic E-state index is 12.1. The van der Waals surface area contributed by atoms with Gasteiger partial charge in [-0.25, -0.2) is 9.79 Å². The summed E-state index contributed by atoms with van der Waals surface area (Å²) in [7, 11) is 3.32. The molecule has 0 unspecified atom stereocenters. The molecule has 0 atom stereocenters. The van der Waals surface area contributed by atoms with Crippen molar-refractivity contribution in [2.24, 2.45) is 10.4 Å². The van der Waals surface area contributed by atoms with Crippen molar-refractivity contribution < 1.29 is 23.8 Å². The van der Waals surface area contributed by atoms with Crippen LogP contribution in [0, 0.1) is 5.41 Å². The molecule has 152 valence electrons. The number of benzene rings is 1. The molecule has 0 bridgehead atoms. The van der Waals surface area contributed by atoms with Gasteiger partial charge in [0.2, 0.25) is 5.90 Å². The van der Waals surface area contributed by atoms with Crippen molar-refractivity contribution in [1.82, 2.24) is 4.90 Å². The number of hydrogen-bond acceptors (Lipinski definition) is 6. The van der Waals surface area contributed by atoms with Gasteiger partial charge in [-0.3, -0.25) is 4.79 Å². The van der Waals surface area contributed by atoms with Crippen molar-refractivity contribution in [2.45, 2.75) is 27.7 Å². The summed E-state index contributed by atoms with van der Waals surface area (Å²) in [6.07, 6.45) is 1.63. The van der Waals surface area contributed by atoms with Crippen LogP contribution in [0.3, 0.4) is 0 Å². The lowest BCUT2D eigenvalue weighted by atomic mass is 9.97. The van der Waals surface area contributed by atoms with E-state index in [2.05, 4.69) is 20.9 Å². The lowest BCUT2D eigenvalue weighted by Gasteiger charge is -2.16. The number of ether oxygens (including phenoxy) is 3. The lowest BCUT2D eigenvalue weighted by molar-refractivity contribution is -0.131. The van der Waals surface area contributed by atoms with Gasteiger partial charge in [0.1, 0.15) is 0 Å². The summed E-state index contributed by atoms with van der Waals surface area (Å²) in [6.45, 7) is 7.92. The number of rotatable bonds is 6. The fraction of sp³-hybridized carbons (Fsp3) is 0.450. The number of carbonyl (C=O) groups is 2. The van der Waals surface area contributed by atoms with Crippen LogP contribution in [-0.2, 0) is 14.3 Å². The number of halogens is 1. The fourth-order valence-corrected chi connectivity index (χ4v) is 2.80. The molecule has 0 saturated heterocycles. The van der Waals surface area contributed by atoms with E-state index in [-0.39, 0.29) is 23.6 Å². The van der Waals surface area contributed by atoms with Gasteiger partial charge in [-0.2, -0.15) is 0 Å². The number of nitrogens with zero attached hydrogens (tertiary/aromatic N) is 2. The summed E-state index contributed by atoms with van der Waals surface area (Å²) >= 11 is 3.45. The number of carbonyl (C=O) groups excluding carboxylic acids is 2. The zero-order chi connectivity index (χ0) is 21.1. The molecule has 0 N–H and O–H groups in total. The van der Waals surface area contributed by atoms with Gasteiger partial charge in [0.25, 0.3) is 5.91 Å². The Kier molecular flexibility index (Phi) is 6.87. The van der Waals surface area contributed by atoms with Crippen LogP contribution in [0.4, 0.5) is 0 Å².